The summed E-state index contributed by atoms with van der Waals surface area (Å²) in [6.45, 7) is 3.72. The van der Waals surface area contributed by atoms with E-state index in [0.29, 0.717) is 30.4 Å². The average molecular weight is 361 g/mol. The Morgan fingerprint density at radius 3 is 2.85 bits per heavy atom. The van der Waals surface area contributed by atoms with Gasteiger partial charge < -0.3 is 5.73 Å². The molecule has 0 saturated carbocycles. The smallest absolute Gasteiger partial charge is 0.243 e. The number of piperidine rings is 1. The van der Waals surface area contributed by atoms with E-state index >= 15 is 0 Å². The zero-order chi connectivity index (χ0) is 14.8. The van der Waals surface area contributed by atoms with Crippen LogP contribution in [0.5, 0.6) is 0 Å². The molecule has 0 aromatic heterocycles. The molecule has 1 unspecified atom stereocenters. The van der Waals surface area contributed by atoms with Crippen molar-refractivity contribution in [1.29, 1.82) is 0 Å². The highest BCUT2D eigenvalue weighted by atomic mass is 79.9. The van der Waals surface area contributed by atoms with Crippen LogP contribution in [0.1, 0.15) is 24.8 Å². The second kappa shape index (κ2) is 6.56. The van der Waals surface area contributed by atoms with E-state index in [0.717, 1.165) is 29.3 Å². The van der Waals surface area contributed by atoms with Crippen molar-refractivity contribution in [2.75, 3.05) is 19.6 Å². The molecule has 2 rings (SSSR count). The topological polar surface area (TPSA) is 63.4 Å². The van der Waals surface area contributed by atoms with Crippen LogP contribution in [0.15, 0.2) is 27.6 Å². The lowest BCUT2D eigenvalue weighted by Gasteiger charge is -2.31. The number of halogens is 1. The van der Waals surface area contributed by atoms with Gasteiger partial charge in [-0.3, -0.25) is 0 Å². The molecule has 0 bridgehead atoms. The molecule has 0 radical (unpaired) electrons. The molecule has 1 aromatic rings. The highest BCUT2D eigenvalue weighted by Gasteiger charge is 2.30. The van der Waals surface area contributed by atoms with E-state index in [9.17, 15) is 8.42 Å². The third-order valence-electron chi connectivity index (χ3n) is 3.82. The van der Waals surface area contributed by atoms with Crippen LogP contribution in [-0.4, -0.2) is 32.4 Å². The summed E-state index contributed by atoms with van der Waals surface area (Å²) in [5, 5.41) is 0. The first-order valence-electron chi connectivity index (χ1n) is 6.91. The van der Waals surface area contributed by atoms with Crippen LogP contribution >= 0.6 is 15.9 Å². The molecule has 0 amide bonds. The largest absolute Gasteiger partial charge is 0.330 e. The van der Waals surface area contributed by atoms with Crippen molar-refractivity contribution in [3.63, 3.8) is 0 Å². The molecule has 1 aliphatic heterocycles. The quantitative estimate of drug-likeness (QED) is 0.896. The normalized spacial score (nSPS) is 21.1. The molecule has 112 valence electrons. The molecular formula is C14H21BrN2O2S. The third kappa shape index (κ3) is 3.42. The summed E-state index contributed by atoms with van der Waals surface area (Å²) in [7, 11) is -3.38. The van der Waals surface area contributed by atoms with Gasteiger partial charge in [0.25, 0.3) is 0 Å². The predicted octanol–water partition coefficient (Wildman–Crippen LogP) is 2.51. The summed E-state index contributed by atoms with van der Waals surface area (Å²) in [6, 6.07) is 5.19. The highest BCUT2D eigenvalue weighted by Crippen LogP contribution is 2.27. The minimum Gasteiger partial charge on any atom is -0.330 e. The molecule has 0 aliphatic carbocycles. The van der Waals surface area contributed by atoms with Gasteiger partial charge in [-0.25, -0.2) is 8.42 Å². The molecule has 1 fully saturated rings. The van der Waals surface area contributed by atoms with Gasteiger partial charge in [0, 0.05) is 17.6 Å². The highest BCUT2D eigenvalue weighted by molar-refractivity contribution is 9.10. The summed E-state index contributed by atoms with van der Waals surface area (Å²) in [4.78, 5) is 0.381. The Labute approximate surface area is 129 Å². The van der Waals surface area contributed by atoms with E-state index in [4.69, 9.17) is 5.73 Å². The Hall–Kier alpha value is -0.430. The number of nitrogens with zero attached hydrogens (tertiary/aromatic N) is 1. The predicted molar refractivity (Wildman–Crippen MR) is 84.0 cm³/mol. The standard InChI is InChI=1S/C14H21BrN2O2S/c1-11-9-13(4-5-14(11)15)20(18,19)17-8-2-3-12(10-17)6-7-16/h4-5,9,12H,2-3,6-8,10,16H2,1H3. The van der Waals surface area contributed by atoms with Gasteiger partial charge in [-0.15, -0.1) is 0 Å². The fraction of sp³-hybridized carbons (Fsp3) is 0.571. The monoisotopic (exact) mass is 360 g/mol. The molecule has 1 aliphatic rings. The Morgan fingerprint density at radius 1 is 1.45 bits per heavy atom. The first-order chi connectivity index (χ1) is 9.45. The van der Waals surface area contributed by atoms with Crippen LogP contribution in [0.3, 0.4) is 0 Å². The molecule has 1 heterocycles. The number of hydrogen-bond donors (Lipinski definition) is 1. The number of hydrogen-bond acceptors (Lipinski definition) is 3. The zero-order valence-electron chi connectivity index (χ0n) is 11.7. The van der Waals surface area contributed by atoms with Crippen LogP contribution in [0.2, 0.25) is 0 Å². The molecule has 1 atom stereocenters. The maximum Gasteiger partial charge on any atom is 0.243 e. The zero-order valence-corrected chi connectivity index (χ0v) is 14.1. The van der Waals surface area contributed by atoms with Crippen molar-refractivity contribution in [3.8, 4) is 0 Å². The molecule has 0 spiro atoms. The van der Waals surface area contributed by atoms with Crippen LogP contribution in [-0.2, 0) is 10.0 Å². The van der Waals surface area contributed by atoms with E-state index in [1.54, 1.807) is 22.5 Å². The Bertz CT molecular complexity index is 573. The van der Waals surface area contributed by atoms with E-state index in [1.165, 1.54) is 0 Å². The molecule has 20 heavy (non-hydrogen) atoms. The molecule has 6 heteroatoms. The third-order valence-corrected chi connectivity index (χ3v) is 6.57. The Balaban J connectivity index is 2.23. The van der Waals surface area contributed by atoms with Gasteiger partial charge in [-0.05, 0) is 62.4 Å². The SMILES string of the molecule is Cc1cc(S(=O)(=O)N2CCCC(CCN)C2)ccc1Br. The van der Waals surface area contributed by atoms with Crippen LogP contribution < -0.4 is 5.73 Å². The summed E-state index contributed by atoms with van der Waals surface area (Å²) in [5.74, 6) is 0.389. The van der Waals surface area contributed by atoms with Crippen molar-refractivity contribution in [2.45, 2.75) is 31.1 Å². The van der Waals surface area contributed by atoms with Gasteiger partial charge >= 0.3 is 0 Å². The van der Waals surface area contributed by atoms with Gasteiger partial charge in [-0.1, -0.05) is 15.9 Å². The fourth-order valence-electron chi connectivity index (χ4n) is 2.64. The van der Waals surface area contributed by atoms with Crippen molar-refractivity contribution >= 4 is 26.0 Å². The minimum absolute atomic E-state index is 0.381. The molecular weight excluding hydrogens is 340 g/mol. The Morgan fingerprint density at radius 2 is 2.20 bits per heavy atom. The van der Waals surface area contributed by atoms with Gasteiger partial charge in [-0.2, -0.15) is 4.31 Å². The van der Waals surface area contributed by atoms with Gasteiger partial charge in [0.1, 0.15) is 0 Å². The first-order valence-corrected chi connectivity index (χ1v) is 9.15. The number of nitrogens with two attached hydrogens (primary N) is 1. The molecule has 1 saturated heterocycles. The number of sulfonamides is 1. The van der Waals surface area contributed by atoms with E-state index in [2.05, 4.69) is 15.9 Å². The molecule has 2 N–H and O–H groups in total. The van der Waals surface area contributed by atoms with Crippen LogP contribution in [0, 0.1) is 12.8 Å². The van der Waals surface area contributed by atoms with Crippen LogP contribution in [0.25, 0.3) is 0 Å². The summed E-state index contributed by atoms with van der Waals surface area (Å²) in [5.41, 5.74) is 6.52. The minimum atomic E-state index is -3.38. The van der Waals surface area contributed by atoms with E-state index in [1.807, 2.05) is 6.92 Å². The lowest BCUT2D eigenvalue weighted by Crippen LogP contribution is -2.40. The van der Waals surface area contributed by atoms with Crippen molar-refractivity contribution in [1.82, 2.24) is 4.31 Å². The Kier molecular flexibility index (Phi) is 5.23. The molecule has 1 aromatic carbocycles. The van der Waals surface area contributed by atoms with Gasteiger partial charge in [0.2, 0.25) is 10.0 Å². The first kappa shape index (κ1) is 15.9. The average Bonchev–Trinajstić information content (AvgIpc) is 2.42. The number of aryl methyl sites for hydroxylation is 1. The van der Waals surface area contributed by atoms with Crippen molar-refractivity contribution < 1.29 is 8.42 Å². The fourth-order valence-corrected chi connectivity index (χ4v) is 4.53. The van der Waals surface area contributed by atoms with E-state index in [-0.39, 0.29) is 0 Å². The van der Waals surface area contributed by atoms with Gasteiger partial charge in [0.15, 0.2) is 0 Å². The second-order valence-corrected chi connectivity index (χ2v) is 8.15. The lowest BCUT2D eigenvalue weighted by molar-refractivity contribution is 0.258. The van der Waals surface area contributed by atoms with Crippen LogP contribution in [0.4, 0.5) is 0 Å². The summed E-state index contributed by atoms with van der Waals surface area (Å²) >= 11 is 3.40. The van der Waals surface area contributed by atoms with Crippen molar-refractivity contribution in [3.05, 3.63) is 28.2 Å². The van der Waals surface area contributed by atoms with Gasteiger partial charge in [0.05, 0.1) is 4.90 Å². The summed E-state index contributed by atoms with van der Waals surface area (Å²) in [6.07, 6.45) is 2.88. The lowest BCUT2D eigenvalue weighted by atomic mass is 9.96. The summed E-state index contributed by atoms with van der Waals surface area (Å²) < 4.78 is 27.9. The maximum absolute atomic E-state index is 12.7. The second-order valence-electron chi connectivity index (χ2n) is 5.36. The van der Waals surface area contributed by atoms with E-state index < -0.39 is 10.0 Å². The number of rotatable bonds is 4. The molecule has 4 nitrogen and oxygen atoms in total. The number of benzene rings is 1. The van der Waals surface area contributed by atoms with Crippen molar-refractivity contribution in [2.24, 2.45) is 11.7 Å². The maximum atomic E-state index is 12.7.